The zero-order valence-corrected chi connectivity index (χ0v) is 21.6. The molecular weight excluding hydrogens is 492 g/mol. The van der Waals surface area contributed by atoms with Gasteiger partial charge in [-0.15, -0.1) is 0 Å². The largest absolute Gasteiger partial charge is 0.497 e. The summed E-state index contributed by atoms with van der Waals surface area (Å²) in [6, 6.07) is 9.13. The van der Waals surface area contributed by atoms with E-state index in [0.29, 0.717) is 57.7 Å². The molecule has 1 fully saturated rings. The molecule has 0 saturated carbocycles. The maximum atomic E-state index is 13.4. The van der Waals surface area contributed by atoms with Crippen molar-refractivity contribution in [3.05, 3.63) is 65.4 Å². The second-order valence-electron chi connectivity index (χ2n) is 9.85. The number of ether oxygens (including phenoxy) is 1. The number of hydroxylamine groups is 1. The Balaban J connectivity index is 1.37. The Hall–Kier alpha value is -3.34. The lowest BCUT2D eigenvalue weighted by Crippen LogP contribution is -2.49. The molecular formula is C28H35F2N5O3. The number of aryl methyl sites for hydroxylation is 1. The van der Waals surface area contributed by atoms with Gasteiger partial charge in [0.1, 0.15) is 17.4 Å². The Kier molecular flexibility index (Phi) is 9.09. The van der Waals surface area contributed by atoms with Crippen LogP contribution in [0.15, 0.2) is 42.6 Å². The van der Waals surface area contributed by atoms with E-state index >= 15 is 0 Å². The maximum absolute atomic E-state index is 13.4. The van der Waals surface area contributed by atoms with Gasteiger partial charge in [-0.1, -0.05) is 0 Å². The number of carbonyl (C=O) groups excluding carboxylic acids is 1. The number of piperidine rings is 1. The number of methoxy groups -OCH3 is 1. The zero-order valence-electron chi connectivity index (χ0n) is 21.6. The molecule has 0 radical (unpaired) electrons. The number of rotatable bonds is 11. The van der Waals surface area contributed by atoms with Crippen LogP contribution in [0.5, 0.6) is 5.75 Å². The number of carbonyl (C=O) groups is 1. The smallest absolute Gasteiger partial charge is 0.249 e. The Morgan fingerprint density at radius 2 is 1.92 bits per heavy atom. The minimum absolute atomic E-state index is 0.356. The molecule has 2 heterocycles. The number of fused-ring (bicyclic) bond motifs is 1. The summed E-state index contributed by atoms with van der Waals surface area (Å²) >= 11 is 0. The van der Waals surface area contributed by atoms with Gasteiger partial charge < -0.3 is 20.7 Å². The zero-order chi connectivity index (χ0) is 27.1. The van der Waals surface area contributed by atoms with Crippen molar-refractivity contribution < 1.29 is 23.5 Å². The van der Waals surface area contributed by atoms with Crippen LogP contribution >= 0.6 is 0 Å². The van der Waals surface area contributed by atoms with Crippen LogP contribution in [-0.4, -0.2) is 54.3 Å². The van der Waals surface area contributed by atoms with Gasteiger partial charge in [0, 0.05) is 43.0 Å². The quantitative estimate of drug-likeness (QED) is 0.220. The number of pyridine rings is 1. The van der Waals surface area contributed by atoms with Gasteiger partial charge in [-0.05, 0) is 86.7 Å². The first-order valence-electron chi connectivity index (χ1n) is 12.9. The second-order valence-corrected chi connectivity index (χ2v) is 9.85. The summed E-state index contributed by atoms with van der Waals surface area (Å²) in [7, 11) is 1.63. The van der Waals surface area contributed by atoms with Crippen LogP contribution in [0.3, 0.4) is 0 Å². The number of amides is 1. The minimum Gasteiger partial charge on any atom is -0.497 e. The van der Waals surface area contributed by atoms with Gasteiger partial charge in [0.15, 0.2) is 0 Å². The summed E-state index contributed by atoms with van der Waals surface area (Å²) in [5.74, 6) is -0.855. The van der Waals surface area contributed by atoms with Crippen LogP contribution in [0.1, 0.15) is 36.8 Å². The number of aromatic nitrogens is 1. The Bertz CT molecular complexity index is 1240. The molecule has 1 amide bonds. The van der Waals surface area contributed by atoms with E-state index in [9.17, 15) is 18.8 Å². The molecule has 5 N–H and O–H groups in total. The van der Waals surface area contributed by atoms with Gasteiger partial charge in [-0.3, -0.25) is 15.0 Å². The van der Waals surface area contributed by atoms with Crippen molar-refractivity contribution in [2.75, 3.05) is 38.6 Å². The van der Waals surface area contributed by atoms with Crippen LogP contribution < -0.4 is 21.3 Å². The van der Waals surface area contributed by atoms with Gasteiger partial charge in [-0.25, -0.2) is 14.3 Å². The lowest BCUT2D eigenvalue weighted by Gasteiger charge is -2.40. The molecule has 1 aliphatic rings. The van der Waals surface area contributed by atoms with Gasteiger partial charge >= 0.3 is 0 Å². The average molecular weight is 528 g/mol. The minimum atomic E-state index is -0.673. The Labute approximate surface area is 221 Å². The molecule has 204 valence electrons. The summed E-state index contributed by atoms with van der Waals surface area (Å²) in [5.41, 5.74) is 10.6. The first-order chi connectivity index (χ1) is 18.4. The van der Waals surface area contributed by atoms with Gasteiger partial charge in [0.2, 0.25) is 5.91 Å². The van der Waals surface area contributed by atoms with Crippen molar-refractivity contribution in [3.63, 3.8) is 0 Å². The summed E-state index contributed by atoms with van der Waals surface area (Å²) < 4.78 is 32.2. The number of hydrogen-bond acceptors (Lipinski definition) is 7. The van der Waals surface area contributed by atoms with E-state index in [2.05, 4.69) is 15.2 Å². The van der Waals surface area contributed by atoms with Gasteiger partial charge in [0.25, 0.3) is 0 Å². The number of nitrogens with zero attached hydrogens (tertiary/aromatic N) is 2. The second kappa shape index (κ2) is 12.5. The van der Waals surface area contributed by atoms with Crippen molar-refractivity contribution in [2.45, 2.75) is 38.6 Å². The number of likely N-dealkylation sites (tertiary alicyclic amines) is 1. The standard InChI is InChI=1S/C28H35F2N5O3/c1-38-23-4-5-26-25(16-23)24(19(17-31)18-33-26)3-2-6-28(27(36)34-37)7-10-35(11-8-28)12-9-32-22-14-20(29)13-21(30)15-22/h4-5,13-16,18,32,37H,2-3,6-12,17,31H2,1H3,(H,34,36). The van der Waals surface area contributed by atoms with Crippen LogP contribution in [0.4, 0.5) is 14.5 Å². The highest BCUT2D eigenvalue weighted by Gasteiger charge is 2.40. The normalized spacial score (nSPS) is 15.4. The fourth-order valence-corrected chi connectivity index (χ4v) is 5.40. The SMILES string of the molecule is COc1ccc2ncc(CN)c(CCCC3(C(=O)NO)CCN(CCNc4cc(F)cc(F)c4)CC3)c2c1. The van der Waals surface area contributed by atoms with E-state index < -0.39 is 17.0 Å². The molecule has 8 nitrogen and oxygen atoms in total. The predicted octanol–water partition coefficient (Wildman–Crippen LogP) is 4.00. The maximum Gasteiger partial charge on any atom is 0.249 e. The molecule has 0 aliphatic carbocycles. The third-order valence-electron chi connectivity index (χ3n) is 7.59. The predicted molar refractivity (Wildman–Crippen MR) is 142 cm³/mol. The first kappa shape index (κ1) is 27.7. The number of nitrogens with two attached hydrogens (primary N) is 1. The van der Waals surface area contributed by atoms with E-state index in [1.54, 1.807) is 7.11 Å². The third kappa shape index (κ3) is 6.38. The molecule has 0 atom stereocenters. The number of hydrogen-bond donors (Lipinski definition) is 4. The fourth-order valence-electron chi connectivity index (χ4n) is 5.40. The lowest BCUT2D eigenvalue weighted by atomic mass is 9.73. The first-order valence-corrected chi connectivity index (χ1v) is 12.9. The van der Waals surface area contributed by atoms with Gasteiger partial charge in [-0.2, -0.15) is 0 Å². The van der Waals surface area contributed by atoms with Crippen LogP contribution in [0, 0.1) is 17.0 Å². The lowest BCUT2D eigenvalue weighted by molar-refractivity contribution is -0.143. The number of nitrogens with one attached hydrogen (secondary N) is 2. The van der Waals surface area contributed by atoms with E-state index in [1.165, 1.54) is 12.1 Å². The van der Waals surface area contributed by atoms with Crippen molar-refractivity contribution in [3.8, 4) is 5.75 Å². The summed E-state index contributed by atoms with van der Waals surface area (Å²) in [4.78, 5) is 19.5. The van der Waals surface area contributed by atoms with Crippen LogP contribution in [0.2, 0.25) is 0 Å². The van der Waals surface area contributed by atoms with Crippen LogP contribution in [0.25, 0.3) is 10.9 Å². The highest BCUT2D eigenvalue weighted by molar-refractivity contribution is 5.84. The van der Waals surface area contributed by atoms with E-state index in [4.69, 9.17) is 10.5 Å². The topological polar surface area (TPSA) is 113 Å². The number of halogens is 2. The average Bonchev–Trinajstić information content (AvgIpc) is 2.92. The van der Waals surface area contributed by atoms with Crippen molar-refractivity contribution >= 4 is 22.5 Å². The highest BCUT2D eigenvalue weighted by Crippen LogP contribution is 2.37. The molecule has 0 bridgehead atoms. The molecule has 38 heavy (non-hydrogen) atoms. The molecule has 1 saturated heterocycles. The third-order valence-corrected chi connectivity index (χ3v) is 7.59. The molecule has 2 aromatic carbocycles. The van der Waals surface area contributed by atoms with Crippen LogP contribution in [-0.2, 0) is 17.8 Å². The molecule has 3 aromatic rings. The van der Waals surface area contributed by atoms with Crippen molar-refractivity contribution in [2.24, 2.45) is 11.1 Å². The van der Waals surface area contributed by atoms with E-state index in [1.807, 2.05) is 29.9 Å². The molecule has 4 rings (SSSR count). The highest BCUT2D eigenvalue weighted by atomic mass is 19.1. The summed E-state index contributed by atoms with van der Waals surface area (Å²) in [6.45, 7) is 2.90. The molecule has 10 heteroatoms. The van der Waals surface area contributed by atoms with Crippen molar-refractivity contribution in [1.82, 2.24) is 15.4 Å². The Morgan fingerprint density at radius 1 is 1.18 bits per heavy atom. The summed E-state index contributed by atoms with van der Waals surface area (Å²) in [6.07, 6.45) is 5.09. The summed E-state index contributed by atoms with van der Waals surface area (Å²) in [5, 5.41) is 13.5. The van der Waals surface area contributed by atoms with E-state index in [-0.39, 0.29) is 5.91 Å². The molecule has 1 aliphatic heterocycles. The number of anilines is 1. The number of benzene rings is 2. The fraction of sp³-hybridized carbons (Fsp3) is 0.429. The monoisotopic (exact) mass is 527 g/mol. The van der Waals surface area contributed by atoms with Gasteiger partial charge in [0.05, 0.1) is 18.0 Å². The molecule has 0 spiro atoms. The van der Waals surface area contributed by atoms with E-state index in [0.717, 1.165) is 46.7 Å². The Morgan fingerprint density at radius 3 is 2.58 bits per heavy atom. The molecule has 1 aromatic heterocycles. The van der Waals surface area contributed by atoms with Crippen molar-refractivity contribution in [1.29, 1.82) is 0 Å². The molecule has 0 unspecified atom stereocenters.